The average Bonchev–Trinajstić information content (AvgIpc) is 2.95. The zero-order valence-corrected chi connectivity index (χ0v) is 14.0. The average molecular weight is 318 g/mol. The van der Waals surface area contributed by atoms with Gasteiger partial charge in [-0.25, -0.2) is 9.78 Å². The van der Waals surface area contributed by atoms with Gasteiger partial charge >= 0.3 is 6.03 Å². The number of carbonyl (C=O) groups is 1. The van der Waals surface area contributed by atoms with Crippen LogP contribution in [0.5, 0.6) is 0 Å². The zero-order chi connectivity index (χ0) is 16.8. The van der Waals surface area contributed by atoms with E-state index < -0.39 is 0 Å². The Kier molecular flexibility index (Phi) is 5.98. The van der Waals surface area contributed by atoms with E-state index in [2.05, 4.69) is 20.6 Å². The van der Waals surface area contributed by atoms with Crippen LogP contribution in [0.2, 0.25) is 0 Å². The van der Waals surface area contributed by atoms with Crippen molar-refractivity contribution in [2.24, 2.45) is 5.92 Å². The number of rotatable bonds is 7. The molecule has 2 amide bonds. The van der Waals surface area contributed by atoms with E-state index in [1.807, 2.05) is 45.0 Å². The monoisotopic (exact) mass is 318 g/mol. The van der Waals surface area contributed by atoms with Crippen LogP contribution in [0.1, 0.15) is 45.5 Å². The molecule has 0 saturated carbocycles. The number of para-hydroxylation sites is 2. The SMILES string of the molecule is CCC(O)CCNC(=O)NC(c1nc2ccccc2[nH]1)C(C)C. The number of nitrogens with zero attached hydrogens (tertiary/aromatic N) is 1. The van der Waals surface area contributed by atoms with Crippen LogP contribution in [-0.4, -0.2) is 33.8 Å². The number of imidazole rings is 1. The molecule has 0 bridgehead atoms. The summed E-state index contributed by atoms with van der Waals surface area (Å²) in [4.78, 5) is 19.9. The molecule has 2 rings (SSSR count). The van der Waals surface area contributed by atoms with Crippen molar-refractivity contribution in [2.75, 3.05) is 6.54 Å². The zero-order valence-electron chi connectivity index (χ0n) is 14.0. The van der Waals surface area contributed by atoms with E-state index in [1.54, 1.807) is 0 Å². The summed E-state index contributed by atoms with van der Waals surface area (Å²) >= 11 is 0. The summed E-state index contributed by atoms with van der Waals surface area (Å²) in [6.07, 6.45) is 0.879. The molecule has 6 heteroatoms. The first kappa shape index (κ1) is 17.3. The van der Waals surface area contributed by atoms with Crippen molar-refractivity contribution >= 4 is 17.1 Å². The van der Waals surface area contributed by atoms with Crippen molar-refractivity contribution in [3.05, 3.63) is 30.1 Å². The standard InChI is InChI=1S/C17H26N4O2/c1-4-12(22)9-10-18-17(23)21-15(11(2)3)16-19-13-7-5-6-8-14(13)20-16/h5-8,11-12,15,22H,4,9-10H2,1-3H3,(H,19,20)(H2,18,21,23). The lowest BCUT2D eigenvalue weighted by Crippen LogP contribution is -2.41. The van der Waals surface area contributed by atoms with E-state index in [0.29, 0.717) is 19.4 Å². The molecule has 0 aliphatic carbocycles. The van der Waals surface area contributed by atoms with Gasteiger partial charge in [-0.05, 0) is 30.9 Å². The number of aliphatic hydroxyl groups is 1. The van der Waals surface area contributed by atoms with E-state index in [-0.39, 0.29) is 24.1 Å². The Morgan fingerprint density at radius 1 is 1.35 bits per heavy atom. The van der Waals surface area contributed by atoms with Crippen molar-refractivity contribution in [3.8, 4) is 0 Å². The molecule has 6 nitrogen and oxygen atoms in total. The van der Waals surface area contributed by atoms with Crippen LogP contribution >= 0.6 is 0 Å². The smallest absolute Gasteiger partial charge is 0.315 e. The maximum absolute atomic E-state index is 12.1. The number of hydrogen-bond donors (Lipinski definition) is 4. The largest absolute Gasteiger partial charge is 0.393 e. The first-order chi connectivity index (χ1) is 11.0. The third-order valence-electron chi connectivity index (χ3n) is 3.89. The number of amides is 2. The van der Waals surface area contributed by atoms with Crippen molar-refractivity contribution in [1.82, 2.24) is 20.6 Å². The van der Waals surface area contributed by atoms with Crippen LogP contribution in [-0.2, 0) is 0 Å². The topological polar surface area (TPSA) is 90.0 Å². The lowest BCUT2D eigenvalue weighted by Gasteiger charge is -2.21. The quantitative estimate of drug-likeness (QED) is 0.633. The van der Waals surface area contributed by atoms with Crippen LogP contribution in [0.15, 0.2) is 24.3 Å². The molecule has 1 aromatic heterocycles. The predicted octanol–water partition coefficient (Wildman–Crippen LogP) is 2.72. The van der Waals surface area contributed by atoms with Gasteiger partial charge in [-0.1, -0.05) is 32.9 Å². The van der Waals surface area contributed by atoms with Crippen LogP contribution < -0.4 is 10.6 Å². The number of hydrogen-bond acceptors (Lipinski definition) is 3. The second-order valence-corrected chi connectivity index (χ2v) is 6.11. The Bertz CT molecular complexity index is 605. The third-order valence-corrected chi connectivity index (χ3v) is 3.89. The Balaban J connectivity index is 1.99. The minimum absolute atomic E-state index is 0.196. The number of aliphatic hydroxyl groups excluding tert-OH is 1. The molecule has 2 aromatic rings. The highest BCUT2D eigenvalue weighted by molar-refractivity contribution is 5.76. The Morgan fingerprint density at radius 3 is 2.74 bits per heavy atom. The first-order valence-electron chi connectivity index (χ1n) is 8.18. The summed E-state index contributed by atoms with van der Waals surface area (Å²) in [6.45, 7) is 6.45. The van der Waals surface area contributed by atoms with Gasteiger partial charge in [-0.3, -0.25) is 0 Å². The summed E-state index contributed by atoms with van der Waals surface area (Å²) in [5, 5.41) is 15.3. The van der Waals surface area contributed by atoms with E-state index in [1.165, 1.54) is 0 Å². The lowest BCUT2D eigenvalue weighted by molar-refractivity contribution is 0.159. The molecule has 0 aliphatic heterocycles. The molecule has 0 fully saturated rings. The lowest BCUT2D eigenvalue weighted by atomic mass is 10.0. The molecule has 2 unspecified atom stereocenters. The van der Waals surface area contributed by atoms with Gasteiger partial charge in [0.25, 0.3) is 0 Å². The highest BCUT2D eigenvalue weighted by Crippen LogP contribution is 2.21. The van der Waals surface area contributed by atoms with Gasteiger partial charge < -0.3 is 20.7 Å². The number of nitrogens with one attached hydrogen (secondary N) is 3. The first-order valence-corrected chi connectivity index (χ1v) is 8.18. The maximum atomic E-state index is 12.1. The third kappa shape index (κ3) is 4.69. The molecule has 0 spiro atoms. The summed E-state index contributed by atoms with van der Waals surface area (Å²) < 4.78 is 0. The number of fused-ring (bicyclic) bond motifs is 1. The molecular formula is C17H26N4O2. The van der Waals surface area contributed by atoms with Crippen LogP contribution in [0.25, 0.3) is 11.0 Å². The van der Waals surface area contributed by atoms with Gasteiger partial charge in [0.2, 0.25) is 0 Å². The maximum Gasteiger partial charge on any atom is 0.315 e. The Hall–Kier alpha value is -2.08. The van der Waals surface area contributed by atoms with Crippen molar-refractivity contribution < 1.29 is 9.90 Å². The van der Waals surface area contributed by atoms with Gasteiger partial charge in [0, 0.05) is 6.54 Å². The molecular weight excluding hydrogens is 292 g/mol. The van der Waals surface area contributed by atoms with Crippen LogP contribution in [0.3, 0.4) is 0 Å². The van der Waals surface area contributed by atoms with E-state index in [4.69, 9.17) is 0 Å². The van der Waals surface area contributed by atoms with Gasteiger partial charge in [0.05, 0.1) is 23.2 Å². The summed E-state index contributed by atoms with van der Waals surface area (Å²) in [5.41, 5.74) is 1.85. The molecule has 0 aliphatic rings. The summed E-state index contributed by atoms with van der Waals surface area (Å²) in [6, 6.07) is 7.37. The molecule has 4 N–H and O–H groups in total. The van der Waals surface area contributed by atoms with Gasteiger partial charge in [-0.15, -0.1) is 0 Å². The second kappa shape index (κ2) is 7.97. The van der Waals surface area contributed by atoms with Gasteiger partial charge in [-0.2, -0.15) is 0 Å². The van der Waals surface area contributed by atoms with Crippen molar-refractivity contribution in [3.63, 3.8) is 0 Å². The second-order valence-electron chi connectivity index (χ2n) is 6.11. The van der Waals surface area contributed by atoms with E-state index in [9.17, 15) is 9.90 Å². The number of aromatic nitrogens is 2. The fraction of sp³-hybridized carbons (Fsp3) is 0.529. The fourth-order valence-electron chi connectivity index (χ4n) is 2.42. The van der Waals surface area contributed by atoms with Crippen LogP contribution in [0, 0.1) is 5.92 Å². The van der Waals surface area contributed by atoms with Crippen molar-refractivity contribution in [1.29, 1.82) is 0 Å². The predicted molar refractivity (Wildman–Crippen MR) is 91.1 cm³/mol. The Labute approximate surface area is 136 Å². The van der Waals surface area contributed by atoms with E-state index in [0.717, 1.165) is 16.9 Å². The Morgan fingerprint density at radius 2 is 2.09 bits per heavy atom. The number of benzene rings is 1. The summed E-state index contributed by atoms with van der Waals surface area (Å²) in [7, 11) is 0. The molecule has 2 atom stereocenters. The normalized spacial score (nSPS) is 14.0. The highest BCUT2D eigenvalue weighted by Gasteiger charge is 2.21. The number of H-pyrrole nitrogens is 1. The minimum Gasteiger partial charge on any atom is -0.393 e. The molecule has 0 saturated heterocycles. The number of urea groups is 1. The summed E-state index contributed by atoms with van der Waals surface area (Å²) in [5.74, 6) is 0.951. The van der Waals surface area contributed by atoms with Gasteiger partial charge in [0.1, 0.15) is 5.82 Å². The van der Waals surface area contributed by atoms with Crippen LogP contribution in [0.4, 0.5) is 4.79 Å². The molecule has 126 valence electrons. The van der Waals surface area contributed by atoms with E-state index >= 15 is 0 Å². The van der Waals surface area contributed by atoms with Crippen molar-refractivity contribution in [2.45, 2.75) is 45.8 Å². The highest BCUT2D eigenvalue weighted by atomic mass is 16.3. The molecule has 0 radical (unpaired) electrons. The molecule has 1 heterocycles. The molecule has 23 heavy (non-hydrogen) atoms. The minimum atomic E-state index is -0.369. The molecule has 1 aromatic carbocycles. The fourth-order valence-corrected chi connectivity index (χ4v) is 2.42. The number of carbonyl (C=O) groups excluding carboxylic acids is 1. The number of aromatic amines is 1. The van der Waals surface area contributed by atoms with Gasteiger partial charge in [0.15, 0.2) is 0 Å².